The molecular formula is C8H11N3O. The van der Waals surface area contributed by atoms with E-state index in [4.69, 9.17) is 5.73 Å². The van der Waals surface area contributed by atoms with Crippen LogP contribution in [0.2, 0.25) is 0 Å². The van der Waals surface area contributed by atoms with Gasteiger partial charge in [-0.15, -0.1) is 6.58 Å². The zero-order chi connectivity index (χ0) is 9.14. The number of aromatic nitrogens is 2. The molecule has 1 aromatic rings. The lowest BCUT2D eigenvalue weighted by atomic mass is 10.2. The summed E-state index contributed by atoms with van der Waals surface area (Å²) in [5, 5.41) is 0. The van der Waals surface area contributed by atoms with Gasteiger partial charge in [0.25, 0.3) is 5.56 Å². The molecule has 1 rings (SSSR count). The molecular weight excluding hydrogens is 154 g/mol. The second kappa shape index (κ2) is 3.21. The first kappa shape index (κ1) is 8.52. The fourth-order valence-corrected chi connectivity index (χ4v) is 1.02. The summed E-state index contributed by atoms with van der Waals surface area (Å²) in [6.07, 6.45) is 2.18. The first-order valence-electron chi connectivity index (χ1n) is 3.61. The van der Waals surface area contributed by atoms with E-state index in [2.05, 4.69) is 16.5 Å². The van der Waals surface area contributed by atoms with Gasteiger partial charge in [-0.3, -0.25) is 9.78 Å². The Morgan fingerprint density at radius 1 is 1.75 bits per heavy atom. The summed E-state index contributed by atoms with van der Waals surface area (Å²) in [5.41, 5.74) is 6.44. The Kier molecular flexibility index (Phi) is 2.28. The van der Waals surface area contributed by atoms with Crippen LogP contribution in [0.3, 0.4) is 0 Å². The van der Waals surface area contributed by atoms with Crippen LogP contribution in [0.1, 0.15) is 11.3 Å². The van der Waals surface area contributed by atoms with Gasteiger partial charge in [0.15, 0.2) is 0 Å². The molecule has 4 heteroatoms. The van der Waals surface area contributed by atoms with E-state index in [1.165, 1.54) is 0 Å². The molecule has 0 fully saturated rings. The average molecular weight is 165 g/mol. The van der Waals surface area contributed by atoms with Crippen LogP contribution >= 0.6 is 0 Å². The monoisotopic (exact) mass is 165 g/mol. The second-order valence-electron chi connectivity index (χ2n) is 2.51. The first-order valence-corrected chi connectivity index (χ1v) is 3.61. The first-order chi connectivity index (χ1) is 5.65. The van der Waals surface area contributed by atoms with Crippen molar-refractivity contribution in [3.8, 4) is 0 Å². The minimum Gasteiger partial charge on any atom is -0.369 e. The van der Waals surface area contributed by atoms with E-state index in [-0.39, 0.29) is 11.5 Å². The largest absolute Gasteiger partial charge is 0.369 e. The molecule has 0 unspecified atom stereocenters. The summed E-state index contributed by atoms with van der Waals surface area (Å²) in [4.78, 5) is 17.6. The molecule has 0 aliphatic rings. The summed E-state index contributed by atoms with van der Waals surface area (Å²) in [7, 11) is 0. The number of nitrogens with zero attached hydrogens (tertiary/aromatic N) is 1. The van der Waals surface area contributed by atoms with E-state index in [9.17, 15) is 4.79 Å². The van der Waals surface area contributed by atoms with Gasteiger partial charge in [0.1, 0.15) is 0 Å². The predicted molar refractivity (Wildman–Crippen MR) is 47.9 cm³/mol. The Hall–Kier alpha value is -1.58. The molecule has 0 aliphatic heterocycles. The van der Waals surface area contributed by atoms with Gasteiger partial charge in [-0.25, -0.2) is 4.98 Å². The second-order valence-corrected chi connectivity index (χ2v) is 2.51. The molecule has 0 spiro atoms. The van der Waals surface area contributed by atoms with E-state index in [0.29, 0.717) is 17.7 Å². The van der Waals surface area contributed by atoms with Crippen LogP contribution in [0.4, 0.5) is 5.95 Å². The van der Waals surface area contributed by atoms with Crippen molar-refractivity contribution in [1.29, 1.82) is 0 Å². The molecule has 0 bridgehead atoms. The molecule has 0 saturated heterocycles. The zero-order valence-electron chi connectivity index (χ0n) is 6.92. The molecule has 3 N–H and O–H groups in total. The highest BCUT2D eigenvalue weighted by Crippen LogP contribution is 2.00. The Morgan fingerprint density at radius 2 is 2.42 bits per heavy atom. The third kappa shape index (κ3) is 1.53. The van der Waals surface area contributed by atoms with Gasteiger partial charge in [0, 0.05) is 5.56 Å². The standard InChI is InChI=1S/C8H11N3O/c1-3-4-6-5(2)10-8(9)11-7(6)12/h3H,1,4H2,2H3,(H3,9,10,11,12). The number of nitrogens with one attached hydrogen (secondary N) is 1. The minimum absolute atomic E-state index is 0.158. The van der Waals surface area contributed by atoms with Gasteiger partial charge in [-0.05, 0) is 13.3 Å². The molecule has 0 saturated carbocycles. The molecule has 1 aromatic heterocycles. The molecule has 1 heterocycles. The zero-order valence-corrected chi connectivity index (χ0v) is 6.92. The van der Waals surface area contributed by atoms with Crippen LogP contribution in [-0.2, 0) is 6.42 Å². The molecule has 0 amide bonds. The van der Waals surface area contributed by atoms with Crippen molar-refractivity contribution in [2.75, 3.05) is 5.73 Å². The van der Waals surface area contributed by atoms with Crippen molar-refractivity contribution in [3.05, 3.63) is 34.3 Å². The van der Waals surface area contributed by atoms with Crippen LogP contribution in [0.15, 0.2) is 17.4 Å². The van der Waals surface area contributed by atoms with Crippen molar-refractivity contribution in [2.24, 2.45) is 0 Å². The molecule has 12 heavy (non-hydrogen) atoms. The lowest BCUT2D eigenvalue weighted by Crippen LogP contribution is -2.17. The van der Waals surface area contributed by atoms with Gasteiger partial charge in [-0.2, -0.15) is 0 Å². The lowest BCUT2D eigenvalue weighted by molar-refractivity contribution is 1.01. The molecule has 0 aromatic carbocycles. The van der Waals surface area contributed by atoms with E-state index >= 15 is 0 Å². The molecule has 0 atom stereocenters. The van der Waals surface area contributed by atoms with Crippen molar-refractivity contribution < 1.29 is 0 Å². The number of rotatable bonds is 2. The van der Waals surface area contributed by atoms with Gasteiger partial charge in [-0.1, -0.05) is 6.08 Å². The van der Waals surface area contributed by atoms with E-state index in [1.807, 2.05) is 0 Å². The van der Waals surface area contributed by atoms with E-state index in [0.717, 1.165) is 0 Å². The SMILES string of the molecule is C=CCc1c(C)nc(N)[nH]c1=O. The maximum Gasteiger partial charge on any atom is 0.256 e. The number of hydrogen-bond acceptors (Lipinski definition) is 3. The molecule has 64 valence electrons. The summed E-state index contributed by atoms with van der Waals surface area (Å²) in [5.74, 6) is 0.158. The van der Waals surface area contributed by atoms with Crippen LogP contribution < -0.4 is 11.3 Å². The van der Waals surface area contributed by atoms with Crippen LogP contribution in [0, 0.1) is 6.92 Å². The predicted octanol–water partition coefficient (Wildman–Crippen LogP) is 0.389. The molecule has 4 nitrogen and oxygen atoms in total. The van der Waals surface area contributed by atoms with Crippen LogP contribution in [-0.4, -0.2) is 9.97 Å². The highest BCUT2D eigenvalue weighted by molar-refractivity contribution is 5.25. The van der Waals surface area contributed by atoms with Gasteiger partial charge in [0.2, 0.25) is 5.95 Å². The third-order valence-electron chi connectivity index (χ3n) is 1.59. The third-order valence-corrected chi connectivity index (χ3v) is 1.59. The summed E-state index contributed by atoms with van der Waals surface area (Å²) in [6.45, 7) is 5.30. The van der Waals surface area contributed by atoms with Gasteiger partial charge in [0.05, 0.1) is 5.69 Å². The Morgan fingerprint density at radius 3 is 2.92 bits per heavy atom. The molecule has 0 radical (unpaired) electrons. The number of nitrogens with two attached hydrogens (primary N) is 1. The van der Waals surface area contributed by atoms with Crippen LogP contribution in [0.25, 0.3) is 0 Å². The number of allylic oxidation sites excluding steroid dienone is 1. The van der Waals surface area contributed by atoms with Gasteiger partial charge < -0.3 is 5.73 Å². The highest BCUT2D eigenvalue weighted by Gasteiger charge is 2.03. The molecule has 0 aliphatic carbocycles. The van der Waals surface area contributed by atoms with E-state index in [1.54, 1.807) is 13.0 Å². The summed E-state index contributed by atoms with van der Waals surface area (Å²) in [6, 6.07) is 0. The van der Waals surface area contributed by atoms with Crippen molar-refractivity contribution in [2.45, 2.75) is 13.3 Å². The lowest BCUT2D eigenvalue weighted by Gasteiger charge is -2.00. The smallest absolute Gasteiger partial charge is 0.256 e. The van der Waals surface area contributed by atoms with Gasteiger partial charge >= 0.3 is 0 Å². The maximum atomic E-state index is 11.2. The number of aromatic amines is 1. The number of hydrogen-bond donors (Lipinski definition) is 2. The minimum atomic E-state index is -0.181. The quantitative estimate of drug-likeness (QED) is 0.622. The summed E-state index contributed by atoms with van der Waals surface area (Å²) < 4.78 is 0. The number of H-pyrrole nitrogens is 1. The fraction of sp³-hybridized carbons (Fsp3) is 0.250. The highest BCUT2D eigenvalue weighted by atomic mass is 16.1. The van der Waals surface area contributed by atoms with Crippen molar-refractivity contribution in [1.82, 2.24) is 9.97 Å². The normalized spacial score (nSPS) is 9.75. The number of aryl methyl sites for hydroxylation is 1. The average Bonchev–Trinajstić information content (AvgIpc) is 1.96. The van der Waals surface area contributed by atoms with Crippen LogP contribution in [0.5, 0.6) is 0 Å². The topological polar surface area (TPSA) is 71.8 Å². The Balaban J connectivity index is 3.28. The maximum absolute atomic E-state index is 11.2. The number of anilines is 1. The van der Waals surface area contributed by atoms with Crippen molar-refractivity contribution in [3.63, 3.8) is 0 Å². The Bertz CT molecular complexity index is 354. The van der Waals surface area contributed by atoms with Crippen molar-refractivity contribution >= 4 is 5.95 Å². The van der Waals surface area contributed by atoms with E-state index < -0.39 is 0 Å². The Labute approximate surface area is 70.1 Å². The fourth-order valence-electron chi connectivity index (χ4n) is 1.02. The summed E-state index contributed by atoms with van der Waals surface area (Å²) >= 11 is 0. The number of nitrogen functional groups attached to an aromatic ring is 1.